The summed E-state index contributed by atoms with van der Waals surface area (Å²) in [6.45, 7) is 2.97. The van der Waals surface area contributed by atoms with E-state index < -0.39 is 0 Å². The number of aromatic hydroxyl groups is 2. The fourth-order valence-electron chi connectivity index (χ4n) is 4.22. The highest BCUT2D eigenvalue weighted by Gasteiger charge is 2.45. The molecule has 132 valence electrons. The molecular weight excluding hydrogens is 344 g/mol. The second-order valence-corrected chi connectivity index (χ2v) is 7.14. The first-order chi connectivity index (χ1) is 12.1. The number of morpholine rings is 1. The minimum atomic E-state index is -0.116. The van der Waals surface area contributed by atoms with Gasteiger partial charge in [0.1, 0.15) is 0 Å². The normalized spacial score (nSPS) is 24.8. The van der Waals surface area contributed by atoms with Gasteiger partial charge in [0.05, 0.1) is 52.9 Å². The smallest absolute Gasteiger partial charge is 0.205 e. The van der Waals surface area contributed by atoms with Crippen molar-refractivity contribution in [3.05, 3.63) is 34.3 Å². The Morgan fingerprint density at radius 2 is 1.64 bits per heavy atom. The molecule has 3 aliphatic rings. The maximum atomic E-state index is 10.7. The average Bonchev–Trinajstić information content (AvgIpc) is 3.30. The first-order valence-electron chi connectivity index (χ1n) is 8.59. The van der Waals surface area contributed by atoms with Crippen molar-refractivity contribution in [1.29, 1.82) is 0 Å². The molecule has 0 aliphatic carbocycles. The number of rotatable bonds is 2. The Balaban J connectivity index is 1.56. The quantitative estimate of drug-likeness (QED) is 0.858. The van der Waals surface area contributed by atoms with E-state index in [4.69, 9.17) is 21.1 Å². The fraction of sp³-hybridized carbons (Fsp3) is 0.444. The monoisotopic (exact) mass is 362 g/mol. The first kappa shape index (κ1) is 15.4. The summed E-state index contributed by atoms with van der Waals surface area (Å²) in [5, 5.41) is 21.9. The molecule has 2 atom stereocenters. The molecule has 2 N–H and O–H groups in total. The van der Waals surface area contributed by atoms with Crippen molar-refractivity contribution in [3.8, 4) is 17.4 Å². The summed E-state index contributed by atoms with van der Waals surface area (Å²) in [7, 11) is 0. The van der Waals surface area contributed by atoms with Crippen molar-refractivity contribution < 1.29 is 19.7 Å². The molecular formula is C18H19ClN2O4. The van der Waals surface area contributed by atoms with Gasteiger partial charge in [-0.2, -0.15) is 0 Å². The summed E-state index contributed by atoms with van der Waals surface area (Å²) in [5.41, 5.74) is 3.03. The van der Waals surface area contributed by atoms with Crippen molar-refractivity contribution in [1.82, 2.24) is 4.57 Å². The van der Waals surface area contributed by atoms with E-state index in [9.17, 15) is 10.2 Å². The lowest BCUT2D eigenvalue weighted by Gasteiger charge is -2.29. The number of hydrogen-bond donors (Lipinski definition) is 2. The van der Waals surface area contributed by atoms with Gasteiger partial charge in [-0.05, 0) is 31.0 Å². The van der Waals surface area contributed by atoms with Crippen molar-refractivity contribution in [2.24, 2.45) is 0 Å². The van der Waals surface area contributed by atoms with Gasteiger partial charge < -0.3 is 24.6 Å². The standard InChI is InChI=1S/C18H19ClN2O4/c19-11-9-10(1-2-12(11)20-5-7-24-8-6-20)21-17(22)15-13-3-4-14(25-13)16(15)18(21)23/h1-2,9,13-14,22-23H,3-8H2/t13-,14+. The van der Waals surface area contributed by atoms with E-state index in [1.54, 1.807) is 6.07 Å². The third kappa shape index (κ3) is 2.18. The number of aromatic nitrogens is 1. The van der Waals surface area contributed by atoms with Crippen LogP contribution in [0.5, 0.6) is 11.8 Å². The van der Waals surface area contributed by atoms with Crippen LogP contribution < -0.4 is 4.90 Å². The second-order valence-electron chi connectivity index (χ2n) is 6.74. The van der Waals surface area contributed by atoms with Crippen LogP contribution in [-0.4, -0.2) is 41.1 Å². The molecule has 0 spiro atoms. The summed E-state index contributed by atoms with van der Waals surface area (Å²) in [6, 6.07) is 5.58. The number of anilines is 1. The van der Waals surface area contributed by atoms with Crippen LogP contribution in [0.1, 0.15) is 36.2 Å². The SMILES string of the molecule is Oc1c2c(c(O)n1-c1ccc(N3CCOCC3)c(Cl)c1)[C@H]1CC[C@@H]2O1. The van der Waals surface area contributed by atoms with Gasteiger partial charge >= 0.3 is 0 Å². The summed E-state index contributed by atoms with van der Waals surface area (Å²) in [4.78, 5) is 2.18. The Bertz CT molecular complexity index is 811. The number of benzene rings is 1. The zero-order valence-corrected chi connectivity index (χ0v) is 14.4. The van der Waals surface area contributed by atoms with Gasteiger partial charge in [-0.3, -0.25) is 4.57 Å². The van der Waals surface area contributed by atoms with Crippen LogP contribution in [0.4, 0.5) is 5.69 Å². The molecule has 2 fully saturated rings. The van der Waals surface area contributed by atoms with Crippen LogP contribution in [-0.2, 0) is 9.47 Å². The Kier molecular flexibility index (Phi) is 3.42. The van der Waals surface area contributed by atoms with E-state index in [0.29, 0.717) is 23.9 Å². The van der Waals surface area contributed by atoms with E-state index in [0.717, 1.165) is 42.7 Å². The van der Waals surface area contributed by atoms with Crippen molar-refractivity contribution in [2.75, 3.05) is 31.2 Å². The van der Waals surface area contributed by atoms with Gasteiger partial charge in [-0.25, -0.2) is 0 Å². The molecule has 7 heteroatoms. The van der Waals surface area contributed by atoms with Gasteiger partial charge in [0, 0.05) is 13.1 Å². The highest BCUT2D eigenvalue weighted by molar-refractivity contribution is 6.33. The highest BCUT2D eigenvalue weighted by Crippen LogP contribution is 2.58. The molecule has 25 heavy (non-hydrogen) atoms. The molecule has 2 aromatic rings. The number of hydrogen-bond acceptors (Lipinski definition) is 5. The van der Waals surface area contributed by atoms with Gasteiger partial charge in [0.2, 0.25) is 11.8 Å². The third-order valence-electron chi connectivity index (χ3n) is 5.40. The minimum absolute atomic E-state index is 0.0508. The number of nitrogens with zero attached hydrogens (tertiary/aromatic N) is 2. The Labute approximate surface area is 150 Å². The molecule has 6 nitrogen and oxygen atoms in total. The lowest BCUT2D eigenvalue weighted by Crippen LogP contribution is -2.36. The molecule has 4 heterocycles. The Morgan fingerprint density at radius 3 is 2.24 bits per heavy atom. The Hall–Kier alpha value is -1.89. The van der Waals surface area contributed by atoms with Gasteiger partial charge in [0.25, 0.3) is 0 Å². The maximum absolute atomic E-state index is 10.7. The third-order valence-corrected chi connectivity index (χ3v) is 5.70. The van der Waals surface area contributed by atoms with Gasteiger partial charge in [0.15, 0.2) is 0 Å². The van der Waals surface area contributed by atoms with Crippen LogP contribution >= 0.6 is 11.6 Å². The van der Waals surface area contributed by atoms with E-state index in [1.165, 1.54) is 4.57 Å². The van der Waals surface area contributed by atoms with Crippen LogP contribution in [0, 0.1) is 0 Å². The van der Waals surface area contributed by atoms with Crippen molar-refractivity contribution in [3.63, 3.8) is 0 Å². The van der Waals surface area contributed by atoms with Crippen LogP contribution in [0.2, 0.25) is 5.02 Å². The molecule has 5 rings (SSSR count). The second kappa shape index (κ2) is 5.56. The van der Waals surface area contributed by atoms with E-state index in [2.05, 4.69) is 4.90 Å². The zero-order valence-electron chi connectivity index (χ0n) is 13.6. The molecule has 1 aromatic heterocycles. The summed E-state index contributed by atoms with van der Waals surface area (Å²) < 4.78 is 12.6. The molecule has 3 aliphatic heterocycles. The van der Waals surface area contributed by atoms with E-state index >= 15 is 0 Å². The number of halogens is 1. The summed E-state index contributed by atoms with van der Waals surface area (Å²) in [6.07, 6.45) is 1.53. The maximum Gasteiger partial charge on any atom is 0.205 e. The van der Waals surface area contributed by atoms with Gasteiger partial charge in [-0.15, -0.1) is 0 Å². The molecule has 1 aromatic carbocycles. The molecule has 0 radical (unpaired) electrons. The van der Waals surface area contributed by atoms with Crippen molar-refractivity contribution in [2.45, 2.75) is 25.0 Å². The largest absolute Gasteiger partial charge is 0.494 e. The van der Waals surface area contributed by atoms with Gasteiger partial charge in [-0.1, -0.05) is 11.6 Å². The highest BCUT2D eigenvalue weighted by atomic mass is 35.5. The average molecular weight is 363 g/mol. The predicted octanol–water partition coefficient (Wildman–Crippen LogP) is 3.28. The van der Waals surface area contributed by atoms with Crippen LogP contribution in [0.25, 0.3) is 5.69 Å². The van der Waals surface area contributed by atoms with Crippen molar-refractivity contribution >= 4 is 17.3 Å². The molecule has 0 amide bonds. The number of fused-ring (bicyclic) bond motifs is 5. The minimum Gasteiger partial charge on any atom is -0.494 e. The molecule has 0 saturated carbocycles. The molecule has 2 saturated heterocycles. The topological polar surface area (TPSA) is 67.1 Å². The van der Waals surface area contributed by atoms with E-state index in [1.807, 2.05) is 12.1 Å². The van der Waals surface area contributed by atoms with Crippen LogP contribution in [0.15, 0.2) is 18.2 Å². The lowest BCUT2D eigenvalue weighted by molar-refractivity contribution is 0.0683. The first-order valence-corrected chi connectivity index (χ1v) is 8.97. The lowest BCUT2D eigenvalue weighted by atomic mass is 9.95. The van der Waals surface area contributed by atoms with E-state index in [-0.39, 0.29) is 24.0 Å². The summed E-state index contributed by atoms with van der Waals surface area (Å²) in [5.74, 6) is 0.102. The zero-order chi connectivity index (χ0) is 17.1. The number of ether oxygens (including phenoxy) is 2. The Morgan fingerprint density at radius 1 is 1.00 bits per heavy atom. The summed E-state index contributed by atoms with van der Waals surface area (Å²) >= 11 is 6.50. The molecule has 0 unspecified atom stereocenters. The fourth-order valence-corrected chi connectivity index (χ4v) is 4.51. The predicted molar refractivity (Wildman–Crippen MR) is 92.9 cm³/mol. The van der Waals surface area contributed by atoms with Crippen LogP contribution in [0.3, 0.4) is 0 Å². The molecule has 2 bridgehead atoms.